The topological polar surface area (TPSA) is 48.3 Å². The average Bonchev–Trinajstić information content (AvgIpc) is 2.99. The van der Waals surface area contributed by atoms with Gasteiger partial charge in [0.25, 0.3) is 0 Å². The average molecular weight is 415 g/mol. The van der Waals surface area contributed by atoms with Gasteiger partial charge in [0.2, 0.25) is 5.78 Å². The van der Waals surface area contributed by atoms with E-state index in [9.17, 15) is 18.4 Å². The molecule has 0 aliphatic rings. The van der Waals surface area contributed by atoms with Gasteiger partial charge in [0.05, 0.1) is 5.75 Å². The summed E-state index contributed by atoms with van der Waals surface area (Å²) in [5, 5.41) is 0. The molecule has 0 saturated heterocycles. The maximum atomic E-state index is 13.6. The fourth-order valence-electron chi connectivity index (χ4n) is 3.02. The molecule has 7 heteroatoms. The highest BCUT2D eigenvalue weighted by Gasteiger charge is 2.18. The lowest BCUT2D eigenvalue weighted by Gasteiger charge is -2.10. The molecular weight excluding hydrogens is 396 g/mol. The van der Waals surface area contributed by atoms with Gasteiger partial charge in [0.1, 0.15) is 11.6 Å². The number of hydrogen-bond acceptors (Lipinski definition) is 4. The van der Waals surface area contributed by atoms with E-state index in [-0.39, 0.29) is 17.4 Å². The number of nitrogens with zero attached hydrogens (tertiary/aromatic N) is 1. The number of hydrogen-bond donors (Lipinski definition) is 0. The minimum Gasteiger partial charge on any atom is -0.457 e. The van der Waals surface area contributed by atoms with Crippen molar-refractivity contribution in [3.05, 3.63) is 83.2 Å². The van der Waals surface area contributed by atoms with E-state index in [1.54, 1.807) is 47.9 Å². The monoisotopic (exact) mass is 415 g/mol. The van der Waals surface area contributed by atoms with Gasteiger partial charge in [-0.25, -0.2) is 8.78 Å². The van der Waals surface area contributed by atoms with E-state index < -0.39 is 18.4 Å². The number of aryl methyl sites for hydroxylation is 1. The number of carbonyl (C=O) groups excluding carboxylic acids is 2. The number of aromatic nitrogens is 1. The normalized spacial score (nSPS) is 10.8. The Morgan fingerprint density at radius 3 is 2.52 bits per heavy atom. The number of ketones is 1. The lowest BCUT2D eigenvalue weighted by atomic mass is 10.1. The Labute approximate surface area is 171 Å². The first kappa shape index (κ1) is 20.8. The largest absolute Gasteiger partial charge is 0.457 e. The number of ether oxygens (including phenoxy) is 1. The van der Waals surface area contributed by atoms with Gasteiger partial charge in [-0.1, -0.05) is 18.2 Å². The lowest BCUT2D eigenvalue weighted by molar-refractivity contribution is -0.139. The van der Waals surface area contributed by atoms with E-state index >= 15 is 0 Å². The molecule has 0 atom stereocenters. The highest BCUT2D eigenvalue weighted by Crippen LogP contribution is 2.23. The van der Waals surface area contributed by atoms with Crippen LogP contribution >= 0.6 is 11.8 Å². The molecule has 0 aliphatic heterocycles. The van der Waals surface area contributed by atoms with Gasteiger partial charge in [0.15, 0.2) is 6.61 Å². The predicted molar refractivity (Wildman–Crippen MR) is 108 cm³/mol. The van der Waals surface area contributed by atoms with E-state index in [0.29, 0.717) is 21.8 Å². The van der Waals surface area contributed by atoms with Crippen LogP contribution in [0.4, 0.5) is 8.78 Å². The molecule has 3 aromatic rings. The third-order valence-corrected chi connectivity index (χ3v) is 5.37. The molecule has 2 aromatic carbocycles. The van der Waals surface area contributed by atoms with Crippen LogP contribution in [0, 0.1) is 25.5 Å². The molecule has 3 rings (SSSR count). The molecule has 150 valence electrons. The van der Waals surface area contributed by atoms with Crippen molar-refractivity contribution in [2.24, 2.45) is 0 Å². The van der Waals surface area contributed by atoms with Crippen molar-refractivity contribution >= 4 is 23.5 Å². The van der Waals surface area contributed by atoms with Crippen LogP contribution in [0.5, 0.6) is 0 Å². The van der Waals surface area contributed by atoms with Crippen LogP contribution in [-0.4, -0.2) is 28.7 Å². The smallest absolute Gasteiger partial charge is 0.316 e. The maximum absolute atomic E-state index is 13.6. The van der Waals surface area contributed by atoms with E-state index in [4.69, 9.17) is 4.74 Å². The summed E-state index contributed by atoms with van der Waals surface area (Å²) < 4.78 is 33.9. The van der Waals surface area contributed by atoms with Crippen LogP contribution in [0.1, 0.15) is 21.7 Å². The van der Waals surface area contributed by atoms with Crippen molar-refractivity contribution in [1.29, 1.82) is 0 Å². The van der Waals surface area contributed by atoms with E-state index in [1.807, 2.05) is 6.92 Å². The number of halogens is 2. The van der Waals surface area contributed by atoms with Gasteiger partial charge in [-0.05, 0) is 50.2 Å². The summed E-state index contributed by atoms with van der Waals surface area (Å²) in [5.74, 6) is -1.85. The van der Waals surface area contributed by atoms with Crippen LogP contribution in [0.15, 0.2) is 59.5 Å². The van der Waals surface area contributed by atoms with E-state index in [1.165, 1.54) is 18.2 Å². The second-order valence-corrected chi connectivity index (χ2v) is 7.42. The van der Waals surface area contributed by atoms with E-state index in [2.05, 4.69) is 0 Å². The van der Waals surface area contributed by atoms with Crippen molar-refractivity contribution in [3.8, 4) is 5.69 Å². The Kier molecular flexibility index (Phi) is 6.49. The molecule has 0 amide bonds. The standard InChI is InChI=1S/C22H19F2NO3S/c1-14-10-18(15(2)25(14)17-7-5-6-16(23)11-17)20(26)12-28-22(27)13-29-21-9-4-3-8-19(21)24/h3-11H,12-13H2,1-2H3. The van der Waals surface area contributed by atoms with Gasteiger partial charge >= 0.3 is 5.97 Å². The van der Waals surface area contributed by atoms with Crippen LogP contribution in [0.3, 0.4) is 0 Å². The second-order valence-electron chi connectivity index (χ2n) is 6.40. The van der Waals surface area contributed by atoms with Gasteiger partial charge in [0, 0.05) is 27.5 Å². The van der Waals surface area contributed by atoms with Gasteiger partial charge < -0.3 is 9.30 Å². The highest BCUT2D eigenvalue weighted by molar-refractivity contribution is 8.00. The molecule has 0 bridgehead atoms. The summed E-state index contributed by atoms with van der Waals surface area (Å²) in [7, 11) is 0. The van der Waals surface area contributed by atoms with Crippen molar-refractivity contribution in [2.45, 2.75) is 18.7 Å². The lowest BCUT2D eigenvalue weighted by Crippen LogP contribution is -2.16. The molecule has 0 N–H and O–H groups in total. The van der Waals surface area contributed by atoms with Crippen LogP contribution in [0.2, 0.25) is 0 Å². The summed E-state index contributed by atoms with van der Waals surface area (Å²) in [4.78, 5) is 24.8. The molecule has 0 radical (unpaired) electrons. The summed E-state index contributed by atoms with van der Waals surface area (Å²) >= 11 is 1.01. The van der Waals surface area contributed by atoms with Gasteiger partial charge in [-0.2, -0.15) is 0 Å². The number of thioether (sulfide) groups is 1. The zero-order valence-corrected chi connectivity index (χ0v) is 16.8. The zero-order valence-electron chi connectivity index (χ0n) is 15.9. The number of Topliss-reactive ketones (excluding diaryl/α,β-unsaturated/α-hetero) is 1. The molecule has 1 aromatic heterocycles. The van der Waals surface area contributed by atoms with Gasteiger partial charge in [-0.3, -0.25) is 9.59 Å². The number of carbonyl (C=O) groups is 2. The second kappa shape index (κ2) is 9.05. The molecule has 29 heavy (non-hydrogen) atoms. The number of benzene rings is 2. The minimum atomic E-state index is -0.606. The van der Waals surface area contributed by atoms with Crippen LogP contribution in [0.25, 0.3) is 5.69 Å². The predicted octanol–water partition coefficient (Wildman–Crippen LogP) is 4.89. The molecule has 4 nitrogen and oxygen atoms in total. The quantitative estimate of drug-likeness (QED) is 0.313. The minimum absolute atomic E-state index is 0.101. The number of esters is 1. The molecule has 0 aliphatic carbocycles. The van der Waals surface area contributed by atoms with Crippen LogP contribution < -0.4 is 0 Å². The third kappa shape index (κ3) is 4.92. The molecule has 0 unspecified atom stereocenters. The maximum Gasteiger partial charge on any atom is 0.316 e. The highest BCUT2D eigenvalue weighted by atomic mass is 32.2. The summed E-state index contributed by atoms with van der Waals surface area (Å²) in [6, 6.07) is 13.9. The van der Waals surface area contributed by atoms with Crippen molar-refractivity contribution in [3.63, 3.8) is 0 Å². The summed E-state index contributed by atoms with van der Waals surface area (Å²) in [6.07, 6.45) is 0. The Bertz CT molecular complexity index is 1060. The molecule has 0 spiro atoms. The fraction of sp³-hybridized carbons (Fsp3) is 0.182. The van der Waals surface area contributed by atoms with Crippen LogP contribution in [-0.2, 0) is 9.53 Å². The molecule has 0 saturated carbocycles. The Morgan fingerprint density at radius 2 is 1.79 bits per heavy atom. The Balaban J connectivity index is 1.63. The first-order valence-corrected chi connectivity index (χ1v) is 9.86. The van der Waals surface area contributed by atoms with Crippen molar-refractivity contribution in [2.75, 3.05) is 12.4 Å². The Hall–Kier alpha value is -2.93. The molecular formula is C22H19F2NO3S. The van der Waals surface area contributed by atoms with Crippen molar-refractivity contribution < 1.29 is 23.1 Å². The number of rotatable bonds is 7. The zero-order chi connectivity index (χ0) is 21.0. The summed E-state index contributed by atoms with van der Waals surface area (Å²) in [5.41, 5.74) is 2.41. The third-order valence-electron chi connectivity index (χ3n) is 4.34. The SMILES string of the molecule is Cc1cc(C(=O)COC(=O)CSc2ccccc2F)c(C)n1-c1cccc(F)c1. The molecule has 1 heterocycles. The molecule has 0 fully saturated rings. The van der Waals surface area contributed by atoms with E-state index in [0.717, 1.165) is 17.5 Å². The van der Waals surface area contributed by atoms with Gasteiger partial charge in [-0.15, -0.1) is 11.8 Å². The van der Waals surface area contributed by atoms with Crippen molar-refractivity contribution in [1.82, 2.24) is 4.57 Å². The first-order chi connectivity index (χ1) is 13.9. The summed E-state index contributed by atoms with van der Waals surface area (Å²) in [6.45, 7) is 3.15. The fourth-order valence-corrected chi connectivity index (χ4v) is 3.76. The first-order valence-electron chi connectivity index (χ1n) is 8.88. The Morgan fingerprint density at radius 1 is 1.03 bits per heavy atom.